The van der Waals surface area contributed by atoms with E-state index in [9.17, 15) is 4.79 Å². The van der Waals surface area contributed by atoms with Crippen LogP contribution in [0.25, 0.3) is 22.6 Å². The van der Waals surface area contributed by atoms with Gasteiger partial charge in [-0.1, -0.05) is 11.6 Å². The average molecular weight is 435 g/mol. The fourth-order valence-corrected chi connectivity index (χ4v) is 4.07. The third-order valence-corrected chi connectivity index (χ3v) is 5.59. The van der Waals surface area contributed by atoms with Gasteiger partial charge in [0.2, 0.25) is 5.91 Å². The van der Waals surface area contributed by atoms with Crippen LogP contribution < -0.4 is 4.74 Å². The summed E-state index contributed by atoms with van der Waals surface area (Å²) >= 11 is 5.91. The lowest BCUT2D eigenvalue weighted by Gasteiger charge is -2.25. The van der Waals surface area contributed by atoms with Gasteiger partial charge in [0.25, 0.3) is 0 Å². The predicted octanol–water partition coefficient (Wildman–Crippen LogP) is 4.54. The Balaban J connectivity index is 1.62. The molecule has 1 amide bonds. The van der Waals surface area contributed by atoms with Gasteiger partial charge in [0.1, 0.15) is 22.3 Å². The van der Waals surface area contributed by atoms with Crippen molar-refractivity contribution in [1.82, 2.24) is 29.8 Å². The fourth-order valence-electron chi connectivity index (χ4n) is 3.96. The summed E-state index contributed by atoms with van der Waals surface area (Å²) in [4.78, 5) is 34.6. The molecule has 1 aliphatic heterocycles. The van der Waals surface area contributed by atoms with Crippen molar-refractivity contribution < 1.29 is 9.53 Å². The van der Waals surface area contributed by atoms with Crippen LogP contribution in [-0.4, -0.2) is 42.3 Å². The zero-order valence-corrected chi connectivity index (χ0v) is 17.5. The van der Waals surface area contributed by atoms with Gasteiger partial charge in [-0.15, -0.1) is 0 Å². The first kappa shape index (κ1) is 19.4. The molecule has 8 nitrogen and oxygen atoms in total. The van der Waals surface area contributed by atoms with E-state index in [0.717, 1.165) is 36.0 Å². The predicted molar refractivity (Wildman–Crippen MR) is 116 cm³/mol. The summed E-state index contributed by atoms with van der Waals surface area (Å²) in [6.07, 6.45) is 8.28. The summed E-state index contributed by atoms with van der Waals surface area (Å²) < 4.78 is 6.19. The van der Waals surface area contributed by atoms with Gasteiger partial charge in [-0.25, -0.2) is 15.0 Å². The molecule has 156 valence electrons. The maximum atomic E-state index is 12.2. The van der Waals surface area contributed by atoms with Crippen LogP contribution in [0, 0.1) is 0 Å². The lowest BCUT2D eigenvalue weighted by molar-refractivity contribution is -0.129. The lowest BCUT2D eigenvalue weighted by atomic mass is 10.0. The number of nitrogens with one attached hydrogen (secondary N) is 1. The Morgan fingerprint density at radius 3 is 2.87 bits per heavy atom. The monoisotopic (exact) mass is 434 g/mol. The third-order valence-electron chi connectivity index (χ3n) is 5.36. The minimum atomic E-state index is -0.0690. The van der Waals surface area contributed by atoms with Crippen LogP contribution in [0.1, 0.15) is 31.4 Å². The van der Waals surface area contributed by atoms with Crippen molar-refractivity contribution >= 4 is 28.5 Å². The molecule has 1 atom stereocenters. The highest BCUT2D eigenvalue weighted by Crippen LogP contribution is 2.40. The number of H-pyrrole nitrogens is 1. The Morgan fingerprint density at radius 2 is 2.13 bits per heavy atom. The van der Waals surface area contributed by atoms with Crippen molar-refractivity contribution in [1.29, 1.82) is 0 Å². The summed E-state index contributed by atoms with van der Waals surface area (Å²) in [5.41, 5.74) is 3.14. The van der Waals surface area contributed by atoms with E-state index in [-0.39, 0.29) is 11.9 Å². The number of hydrogen-bond acceptors (Lipinski definition) is 6. The number of aromatic nitrogens is 5. The number of ether oxygens (including phenoxy) is 1. The molecule has 1 aromatic carbocycles. The average Bonchev–Trinajstić information content (AvgIpc) is 3.42. The van der Waals surface area contributed by atoms with Crippen LogP contribution in [-0.2, 0) is 4.79 Å². The number of benzene rings is 1. The topological polar surface area (TPSA) is 96.9 Å². The highest BCUT2D eigenvalue weighted by Gasteiger charge is 2.31. The molecule has 0 radical (unpaired) electrons. The SMILES string of the molecule is CC(=O)N1CCCC1c1cc2[nH]c(-c3cnccn3)nc2cc1Oc1ccc(Cl)nc1. The van der Waals surface area contributed by atoms with E-state index in [0.29, 0.717) is 28.2 Å². The van der Waals surface area contributed by atoms with Crippen LogP contribution in [0.15, 0.2) is 49.1 Å². The number of carbonyl (C=O) groups excluding carboxylic acids is 1. The molecule has 0 spiro atoms. The molecule has 31 heavy (non-hydrogen) atoms. The van der Waals surface area contributed by atoms with Gasteiger partial charge in [-0.05, 0) is 31.0 Å². The lowest BCUT2D eigenvalue weighted by Crippen LogP contribution is -2.28. The van der Waals surface area contributed by atoms with Crippen LogP contribution in [0.2, 0.25) is 5.15 Å². The highest BCUT2D eigenvalue weighted by molar-refractivity contribution is 6.29. The molecule has 1 saturated heterocycles. The van der Waals surface area contributed by atoms with Crippen molar-refractivity contribution in [2.24, 2.45) is 0 Å². The summed E-state index contributed by atoms with van der Waals surface area (Å²) in [6.45, 7) is 2.33. The molecule has 1 unspecified atom stereocenters. The van der Waals surface area contributed by atoms with Gasteiger partial charge >= 0.3 is 0 Å². The first-order valence-electron chi connectivity index (χ1n) is 9.95. The molecule has 0 saturated carbocycles. The number of amides is 1. The minimum Gasteiger partial charge on any atom is -0.455 e. The Kier molecular flexibility index (Phi) is 4.99. The standard InChI is InChI=1S/C22H19ClN6O2/c1-13(30)29-8-2-3-19(29)15-9-16-17(28-22(27-16)18-12-24-6-7-25-18)10-20(15)31-14-4-5-21(23)26-11-14/h4-7,9-12,19H,2-3,8H2,1H3,(H,27,28). The van der Waals surface area contributed by atoms with Gasteiger partial charge in [0.15, 0.2) is 5.82 Å². The number of hydrogen-bond donors (Lipinski definition) is 1. The van der Waals surface area contributed by atoms with E-state index in [1.807, 2.05) is 17.0 Å². The maximum absolute atomic E-state index is 12.2. The maximum Gasteiger partial charge on any atom is 0.219 e. The summed E-state index contributed by atoms with van der Waals surface area (Å²) in [6, 6.07) is 7.25. The Hall–Kier alpha value is -3.52. The van der Waals surface area contributed by atoms with E-state index in [2.05, 4.69) is 24.9 Å². The first-order chi connectivity index (χ1) is 15.1. The number of aromatic amines is 1. The molecule has 5 rings (SSSR count). The highest BCUT2D eigenvalue weighted by atomic mass is 35.5. The number of rotatable bonds is 4. The van der Waals surface area contributed by atoms with Crippen molar-refractivity contribution in [3.8, 4) is 23.0 Å². The second kappa shape index (κ2) is 7.96. The zero-order chi connectivity index (χ0) is 21.4. The van der Waals surface area contributed by atoms with Crippen LogP contribution >= 0.6 is 11.6 Å². The van der Waals surface area contributed by atoms with Crippen molar-refractivity contribution in [3.63, 3.8) is 0 Å². The quantitative estimate of drug-likeness (QED) is 0.473. The molecular formula is C22H19ClN6O2. The van der Waals surface area contributed by atoms with Crippen molar-refractivity contribution in [2.45, 2.75) is 25.8 Å². The van der Waals surface area contributed by atoms with E-state index in [1.54, 1.807) is 43.8 Å². The van der Waals surface area contributed by atoms with Gasteiger partial charge < -0.3 is 14.6 Å². The number of halogens is 1. The minimum absolute atomic E-state index is 0.0477. The Labute approximate surface area is 183 Å². The second-order valence-electron chi connectivity index (χ2n) is 7.37. The van der Waals surface area contributed by atoms with Gasteiger partial charge in [0, 0.05) is 37.5 Å². The first-order valence-corrected chi connectivity index (χ1v) is 10.3. The van der Waals surface area contributed by atoms with Crippen molar-refractivity contribution in [2.75, 3.05) is 6.54 Å². The van der Waals surface area contributed by atoms with E-state index in [1.165, 1.54) is 0 Å². The van der Waals surface area contributed by atoms with E-state index >= 15 is 0 Å². The van der Waals surface area contributed by atoms with Crippen LogP contribution in [0.4, 0.5) is 0 Å². The van der Waals surface area contributed by atoms with Gasteiger partial charge in [-0.3, -0.25) is 9.78 Å². The van der Waals surface area contributed by atoms with Crippen molar-refractivity contribution in [3.05, 3.63) is 59.8 Å². The fraction of sp³-hybridized carbons (Fsp3) is 0.227. The molecule has 4 aromatic rings. The Morgan fingerprint density at radius 1 is 1.23 bits per heavy atom. The smallest absolute Gasteiger partial charge is 0.219 e. The van der Waals surface area contributed by atoms with Crippen LogP contribution in [0.5, 0.6) is 11.5 Å². The van der Waals surface area contributed by atoms with E-state index < -0.39 is 0 Å². The summed E-state index contributed by atoms with van der Waals surface area (Å²) in [5, 5.41) is 0.391. The number of fused-ring (bicyclic) bond motifs is 1. The molecular weight excluding hydrogens is 416 g/mol. The molecule has 1 N–H and O–H groups in total. The number of likely N-dealkylation sites (tertiary alicyclic amines) is 1. The van der Waals surface area contributed by atoms with Gasteiger partial charge in [0.05, 0.1) is 29.5 Å². The molecule has 0 aliphatic carbocycles. The molecule has 9 heteroatoms. The molecule has 1 fully saturated rings. The number of pyridine rings is 1. The summed E-state index contributed by atoms with van der Waals surface area (Å²) in [5.74, 6) is 1.86. The molecule has 4 heterocycles. The third kappa shape index (κ3) is 3.82. The number of nitrogens with zero attached hydrogens (tertiary/aromatic N) is 5. The second-order valence-corrected chi connectivity index (χ2v) is 7.76. The largest absolute Gasteiger partial charge is 0.455 e. The number of imidazole rings is 1. The summed E-state index contributed by atoms with van der Waals surface area (Å²) in [7, 11) is 0. The Bertz CT molecular complexity index is 1240. The molecule has 0 bridgehead atoms. The van der Waals surface area contributed by atoms with Gasteiger partial charge in [-0.2, -0.15) is 0 Å². The van der Waals surface area contributed by atoms with E-state index in [4.69, 9.17) is 16.3 Å². The number of carbonyl (C=O) groups is 1. The normalized spacial score (nSPS) is 16.1. The molecule has 3 aromatic heterocycles. The van der Waals surface area contributed by atoms with Crippen LogP contribution in [0.3, 0.4) is 0 Å². The molecule has 1 aliphatic rings. The zero-order valence-electron chi connectivity index (χ0n) is 16.7.